The first-order valence-corrected chi connectivity index (χ1v) is 8.30. The number of nitrogens with one attached hydrogen (secondary N) is 1. The summed E-state index contributed by atoms with van der Waals surface area (Å²) in [6.45, 7) is 0.312. The minimum atomic E-state index is -0.304. The summed E-state index contributed by atoms with van der Waals surface area (Å²) in [5, 5.41) is 2.84. The van der Waals surface area contributed by atoms with E-state index in [4.69, 9.17) is 14.2 Å². The molecule has 1 N–H and O–H groups in total. The summed E-state index contributed by atoms with van der Waals surface area (Å²) in [4.78, 5) is 26.0. The molecule has 7 heteroatoms. The van der Waals surface area contributed by atoms with Gasteiger partial charge in [0.1, 0.15) is 5.75 Å². The molecule has 2 rings (SSSR count). The largest absolute Gasteiger partial charge is 0.496 e. The highest BCUT2D eigenvalue weighted by Gasteiger charge is 2.17. The van der Waals surface area contributed by atoms with E-state index in [0.717, 1.165) is 5.56 Å². The highest BCUT2D eigenvalue weighted by molar-refractivity contribution is 5.98. The van der Waals surface area contributed by atoms with Gasteiger partial charge in [-0.05, 0) is 17.7 Å². The molecule has 2 aromatic carbocycles. The van der Waals surface area contributed by atoms with Gasteiger partial charge in [0.2, 0.25) is 0 Å². The number of hydrogen-bond acceptors (Lipinski definition) is 5. The zero-order chi connectivity index (χ0) is 20.0. The minimum Gasteiger partial charge on any atom is -0.496 e. The average molecular weight is 372 g/mol. The van der Waals surface area contributed by atoms with Gasteiger partial charge in [-0.2, -0.15) is 0 Å². The number of carbonyl (C=O) groups is 2. The summed E-state index contributed by atoms with van der Waals surface area (Å²) in [5.74, 6) is 0.932. The summed E-state index contributed by atoms with van der Waals surface area (Å²) in [5.41, 5.74) is 1.81. The summed E-state index contributed by atoms with van der Waals surface area (Å²) in [6, 6.07) is 10.3. The van der Waals surface area contributed by atoms with Crippen molar-refractivity contribution in [1.82, 2.24) is 10.2 Å². The molecule has 7 nitrogen and oxygen atoms in total. The van der Waals surface area contributed by atoms with Gasteiger partial charge in [0, 0.05) is 38.3 Å². The molecule has 144 valence electrons. The first-order chi connectivity index (χ1) is 12.9. The molecular formula is C20H24N2O5. The van der Waals surface area contributed by atoms with Gasteiger partial charge in [-0.1, -0.05) is 12.1 Å². The van der Waals surface area contributed by atoms with Crippen LogP contribution in [0.1, 0.15) is 26.3 Å². The average Bonchev–Trinajstić information content (AvgIpc) is 2.70. The maximum Gasteiger partial charge on any atom is 0.255 e. The van der Waals surface area contributed by atoms with Gasteiger partial charge in [-0.25, -0.2) is 0 Å². The second-order valence-electron chi connectivity index (χ2n) is 5.99. The molecule has 0 atom stereocenters. The molecule has 2 aromatic rings. The van der Waals surface area contributed by atoms with Crippen LogP contribution in [0, 0.1) is 0 Å². The summed E-state index contributed by atoms with van der Waals surface area (Å²) in [6.07, 6.45) is 0. The highest BCUT2D eigenvalue weighted by atomic mass is 16.5. The van der Waals surface area contributed by atoms with Crippen LogP contribution in [0.15, 0.2) is 36.4 Å². The zero-order valence-corrected chi connectivity index (χ0v) is 16.2. The van der Waals surface area contributed by atoms with E-state index < -0.39 is 0 Å². The normalized spacial score (nSPS) is 10.1. The standard InChI is InChI=1S/C20H24N2O5/c1-22(2)20(24)14-8-6-13(7-9-14)12-21-19(23)15-10-17(26-4)18(27-5)11-16(15)25-3/h6-11H,12H2,1-5H3,(H,21,23). The van der Waals surface area contributed by atoms with Crippen molar-refractivity contribution in [1.29, 1.82) is 0 Å². The minimum absolute atomic E-state index is 0.0688. The number of nitrogens with zero attached hydrogens (tertiary/aromatic N) is 1. The lowest BCUT2D eigenvalue weighted by atomic mass is 10.1. The Morgan fingerprint density at radius 1 is 0.889 bits per heavy atom. The lowest BCUT2D eigenvalue weighted by Gasteiger charge is -2.14. The van der Waals surface area contributed by atoms with E-state index in [0.29, 0.717) is 34.9 Å². The van der Waals surface area contributed by atoms with Crippen LogP contribution in [0.25, 0.3) is 0 Å². The maximum absolute atomic E-state index is 12.6. The molecule has 27 heavy (non-hydrogen) atoms. The molecule has 0 aromatic heterocycles. The molecule has 0 saturated heterocycles. The Kier molecular flexibility index (Phi) is 6.65. The van der Waals surface area contributed by atoms with Gasteiger partial charge >= 0.3 is 0 Å². The van der Waals surface area contributed by atoms with Crippen molar-refractivity contribution in [2.45, 2.75) is 6.54 Å². The van der Waals surface area contributed by atoms with E-state index in [1.54, 1.807) is 38.4 Å². The summed E-state index contributed by atoms with van der Waals surface area (Å²) in [7, 11) is 7.91. The molecule has 0 aliphatic rings. The Labute approximate surface area is 158 Å². The Morgan fingerprint density at radius 2 is 1.44 bits per heavy atom. The van der Waals surface area contributed by atoms with Crippen LogP contribution >= 0.6 is 0 Å². The lowest BCUT2D eigenvalue weighted by Crippen LogP contribution is -2.24. The highest BCUT2D eigenvalue weighted by Crippen LogP contribution is 2.34. The molecular weight excluding hydrogens is 348 g/mol. The van der Waals surface area contributed by atoms with Crippen LogP contribution in [0.2, 0.25) is 0 Å². The fourth-order valence-corrected chi connectivity index (χ4v) is 2.51. The fraction of sp³-hybridized carbons (Fsp3) is 0.300. The molecule has 0 fully saturated rings. The Bertz CT molecular complexity index is 816. The molecule has 0 aliphatic heterocycles. The van der Waals surface area contributed by atoms with E-state index in [1.165, 1.54) is 26.2 Å². The first-order valence-electron chi connectivity index (χ1n) is 8.30. The number of ether oxygens (including phenoxy) is 3. The van der Waals surface area contributed by atoms with E-state index in [9.17, 15) is 9.59 Å². The number of benzene rings is 2. The Morgan fingerprint density at radius 3 is 1.96 bits per heavy atom. The van der Waals surface area contributed by atoms with Crippen molar-refractivity contribution in [2.24, 2.45) is 0 Å². The van der Waals surface area contributed by atoms with Crippen molar-refractivity contribution in [2.75, 3.05) is 35.4 Å². The monoisotopic (exact) mass is 372 g/mol. The number of amides is 2. The van der Waals surface area contributed by atoms with Gasteiger partial charge < -0.3 is 24.4 Å². The summed E-state index contributed by atoms with van der Waals surface area (Å²) < 4.78 is 15.8. The van der Waals surface area contributed by atoms with Crippen LogP contribution in [0.4, 0.5) is 0 Å². The smallest absolute Gasteiger partial charge is 0.255 e. The zero-order valence-electron chi connectivity index (χ0n) is 16.2. The topological polar surface area (TPSA) is 77.1 Å². The van der Waals surface area contributed by atoms with Crippen molar-refractivity contribution in [3.63, 3.8) is 0 Å². The van der Waals surface area contributed by atoms with Gasteiger partial charge in [0.25, 0.3) is 11.8 Å². The molecule has 0 radical (unpaired) electrons. The van der Waals surface area contributed by atoms with E-state index in [1.807, 2.05) is 12.1 Å². The number of hydrogen-bond donors (Lipinski definition) is 1. The Hall–Kier alpha value is -3.22. The maximum atomic E-state index is 12.6. The summed E-state index contributed by atoms with van der Waals surface area (Å²) >= 11 is 0. The predicted molar refractivity (Wildman–Crippen MR) is 102 cm³/mol. The number of carbonyl (C=O) groups excluding carboxylic acids is 2. The number of methoxy groups -OCH3 is 3. The molecule has 0 spiro atoms. The second kappa shape index (κ2) is 8.93. The third kappa shape index (κ3) is 4.69. The van der Waals surface area contributed by atoms with Gasteiger partial charge in [-0.15, -0.1) is 0 Å². The van der Waals surface area contributed by atoms with E-state index in [-0.39, 0.29) is 11.8 Å². The number of rotatable bonds is 7. The van der Waals surface area contributed by atoms with Crippen molar-refractivity contribution in [3.8, 4) is 17.2 Å². The van der Waals surface area contributed by atoms with Gasteiger partial charge in [0.05, 0.1) is 26.9 Å². The molecule has 2 amide bonds. The van der Waals surface area contributed by atoms with Crippen LogP contribution in [-0.4, -0.2) is 52.1 Å². The van der Waals surface area contributed by atoms with Crippen molar-refractivity contribution < 1.29 is 23.8 Å². The molecule has 0 saturated carbocycles. The van der Waals surface area contributed by atoms with Crippen molar-refractivity contribution in [3.05, 3.63) is 53.1 Å². The van der Waals surface area contributed by atoms with Crippen LogP contribution in [0.3, 0.4) is 0 Å². The van der Waals surface area contributed by atoms with Gasteiger partial charge in [0.15, 0.2) is 11.5 Å². The molecule has 0 aliphatic carbocycles. The first kappa shape index (κ1) is 20.1. The molecule has 0 heterocycles. The fourth-order valence-electron chi connectivity index (χ4n) is 2.51. The molecule has 0 unspecified atom stereocenters. The lowest BCUT2D eigenvalue weighted by molar-refractivity contribution is 0.0827. The van der Waals surface area contributed by atoms with Crippen LogP contribution in [0.5, 0.6) is 17.2 Å². The second-order valence-corrected chi connectivity index (χ2v) is 5.99. The SMILES string of the molecule is COc1cc(OC)c(C(=O)NCc2ccc(C(=O)N(C)C)cc2)cc1OC. The molecule has 0 bridgehead atoms. The predicted octanol–water partition coefficient (Wildman–Crippen LogP) is 2.34. The third-order valence-corrected chi connectivity index (χ3v) is 4.01. The van der Waals surface area contributed by atoms with Crippen LogP contribution < -0.4 is 19.5 Å². The Balaban J connectivity index is 2.12. The quantitative estimate of drug-likeness (QED) is 0.807. The van der Waals surface area contributed by atoms with E-state index >= 15 is 0 Å². The third-order valence-electron chi connectivity index (χ3n) is 4.01. The van der Waals surface area contributed by atoms with Crippen molar-refractivity contribution >= 4 is 11.8 Å². The van der Waals surface area contributed by atoms with Gasteiger partial charge in [-0.3, -0.25) is 9.59 Å². The van der Waals surface area contributed by atoms with E-state index in [2.05, 4.69) is 5.32 Å². The van der Waals surface area contributed by atoms with Crippen LogP contribution in [-0.2, 0) is 6.54 Å².